The molecule has 0 aliphatic heterocycles. The van der Waals surface area contributed by atoms with E-state index in [1.807, 2.05) is 0 Å². The van der Waals surface area contributed by atoms with Gasteiger partial charge in [0.25, 0.3) is 0 Å². The maximum atomic E-state index is 6.60. The summed E-state index contributed by atoms with van der Waals surface area (Å²) in [7, 11) is 0. The first kappa shape index (κ1) is 13.0. The molecule has 17 heavy (non-hydrogen) atoms. The van der Waals surface area contributed by atoms with Crippen LogP contribution in [0.4, 0.5) is 0 Å². The van der Waals surface area contributed by atoms with Crippen molar-refractivity contribution in [1.29, 1.82) is 0 Å². The molecule has 0 aromatic carbocycles. The van der Waals surface area contributed by atoms with E-state index in [0.29, 0.717) is 0 Å². The van der Waals surface area contributed by atoms with E-state index in [1.165, 1.54) is 35.0 Å². The topological polar surface area (TPSA) is 0 Å². The lowest BCUT2D eigenvalue weighted by Crippen LogP contribution is -2.12. The van der Waals surface area contributed by atoms with Crippen LogP contribution in [0.2, 0.25) is 0 Å². The van der Waals surface area contributed by atoms with Gasteiger partial charge < -0.3 is 0 Å². The molecule has 94 valence electrons. The Morgan fingerprint density at radius 2 is 2.18 bits per heavy atom. The number of hydrogen-bond acceptors (Lipinski definition) is 1. The van der Waals surface area contributed by atoms with Crippen molar-refractivity contribution in [2.24, 2.45) is 17.8 Å². The highest BCUT2D eigenvalue weighted by molar-refractivity contribution is 9.12. The molecule has 2 fully saturated rings. The third kappa shape index (κ3) is 2.63. The predicted octanol–water partition coefficient (Wildman–Crippen LogP) is 6.38. The van der Waals surface area contributed by atoms with Gasteiger partial charge in [0.15, 0.2) is 0 Å². The molecule has 1 heterocycles. The van der Waals surface area contributed by atoms with Gasteiger partial charge in [0.2, 0.25) is 0 Å². The first-order valence-corrected chi connectivity index (χ1v) is 9.06. The number of thiophene rings is 1. The van der Waals surface area contributed by atoms with Gasteiger partial charge in [-0.2, -0.15) is 0 Å². The van der Waals surface area contributed by atoms with Crippen LogP contribution < -0.4 is 0 Å². The normalized spacial score (nSPS) is 33.2. The zero-order valence-corrected chi connectivity index (χ0v) is 14.2. The fourth-order valence-electron chi connectivity index (χ4n) is 3.62. The molecule has 0 saturated heterocycles. The Morgan fingerprint density at radius 3 is 2.71 bits per heavy atom. The minimum absolute atomic E-state index is 0.177. The molecule has 0 nitrogen and oxygen atoms in total. The Bertz CT molecular complexity index is 418. The van der Waals surface area contributed by atoms with E-state index < -0.39 is 0 Å². The Kier molecular flexibility index (Phi) is 3.92. The van der Waals surface area contributed by atoms with Crippen molar-refractivity contribution >= 4 is 54.8 Å². The van der Waals surface area contributed by atoms with Gasteiger partial charge in [0, 0.05) is 0 Å². The Labute approximate surface area is 128 Å². The van der Waals surface area contributed by atoms with Crippen molar-refractivity contribution in [2.45, 2.75) is 37.5 Å². The molecule has 4 unspecified atom stereocenters. The standard InChI is InChI=1S/C13H15Br2ClS/c14-12-6-10(13(15)17-12)11(16)5-9-4-7-1-2-8(9)3-7/h6-9,11H,1-5H2. The zero-order valence-electron chi connectivity index (χ0n) is 9.46. The average molecular weight is 399 g/mol. The lowest BCUT2D eigenvalue weighted by Gasteiger charge is -2.23. The molecule has 1 aromatic heterocycles. The van der Waals surface area contributed by atoms with Crippen LogP contribution in [0.5, 0.6) is 0 Å². The van der Waals surface area contributed by atoms with Gasteiger partial charge in [0.1, 0.15) is 0 Å². The minimum atomic E-state index is 0.177. The van der Waals surface area contributed by atoms with Crippen LogP contribution in [-0.4, -0.2) is 0 Å². The van der Waals surface area contributed by atoms with Crippen molar-refractivity contribution in [3.8, 4) is 0 Å². The van der Waals surface area contributed by atoms with E-state index in [4.69, 9.17) is 11.6 Å². The van der Waals surface area contributed by atoms with Crippen LogP contribution in [0.1, 0.15) is 43.0 Å². The zero-order chi connectivity index (χ0) is 12.0. The second kappa shape index (κ2) is 5.15. The molecule has 3 rings (SSSR count). The van der Waals surface area contributed by atoms with E-state index in [1.54, 1.807) is 11.3 Å². The van der Waals surface area contributed by atoms with Crippen molar-refractivity contribution in [3.63, 3.8) is 0 Å². The molecule has 4 heteroatoms. The number of hydrogen-bond donors (Lipinski definition) is 0. The lowest BCUT2D eigenvalue weighted by atomic mass is 9.85. The van der Waals surface area contributed by atoms with E-state index >= 15 is 0 Å². The first-order chi connectivity index (χ1) is 8.13. The first-order valence-electron chi connectivity index (χ1n) is 6.22. The molecular formula is C13H15Br2ClS. The highest BCUT2D eigenvalue weighted by Crippen LogP contribution is 2.52. The van der Waals surface area contributed by atoms with Crippen LogP contribution >= 0.6 is 54.8 Å². The second-order valence-electron chi connectivity index (χ2n) is 5.42. The fraction of sp³-hybridized carbons (Fsp3) is 0.692. The predicted molar refractivity (Wildman–Crippen MR) is 81.9 cm³/mol. The highest BCUT2D eigenvalue weighted by Gasteiger charge is 2.40. The summed E-state index contributed by atoms with van der Waals surface area (Å²) in [6, 6.07) is 2.17. The third-order valence-electron chi connectivity index (χ3n) is 4.41. The molecule has 4 atom stereocenters. The van der Waals surface area contributed by atoms with E-state index in [-0.39, 0.29) is 5.38 Å². The molecular weight excluding hydrogens is 383 g/mol. The van der Waals surface area contributed by atoms with Gasteiger partial charge in [-0.3, -0.25) is 0 Å². The molecule has 0 amide bonds. The van der Waals surface area contributed by atoms with E-state index in [0.717, 1.165) is 28.0 Å². The van der Waals surface area contributed by atoms with Crippen molar-refractivity contribution in [3.05, 3.63) is 19.2 Å². The monoisotopic (exact) mass is 396 g/mol. The maximum absolute atomic E-state index is 6.60. The van der Waals surface area contributed by atoms with Gasteiger partial charge in [-0.15, -0.1) is 22.9 Å². The van der Waals surface area contributed by atoms with Crippen LogP contribution in [0.15, 0.2) is 13.6 Å². The van der Waals surface area contributed by atoms with Gasteiger partial charge in [0.05, 0.1) is 12.9 Å². The van der Waals surface area contributed by atoms with E-state index in [9.17, 15) is 0 Å². The van der Waals surface area contributed by atoms with Crippen molar-refractivity contribution < 1.29 is 0 Å². The Hall–Kier alpha value is 0.950. The van der Waals surface area contributed by atoms with Gasteiger partial charge in [-0.05, 0) is 86.9 Å². The summed E-state index contributed by atoms with van der Waals surface area (Å²) in [5.74, 6) is 2.87. The summed E-state index contributed by atoms with van der Waals surface area (Å²) in [6.07, 6.45) is 6.99. The SMILES string of the molecule is ClC(CC1CC2CCC1C2)c1cc(Br)sc1Br. The summed E-state index contributed by atoms with van der Waals surface area (Å²) >= 11 is 15.5. The number of rotatable bonds is 3. The largest absolute Gasteiger partial charge is 0.121 e. The molecule has 2 bridgehead atoms. The van der Waals surface area contributed by atoms with Crippen molar-refractivity contribution in [1.82, 2.24) is 0 Å². The fourth-order valence-corrected chi connectivity index (χ4v) is 7.20. The summed E-state index contributed by atoms with van der Waals surface area (Å²) in [4.78, 5) is 0. The van der Waals surface area contributed by atoms with Gasteiger partial charge in [-0.25, -0.2) is 0 Å². The Morgan fingerprint density at radius 1 is 1.35 bits per heavy atom. The molecule has 0 spiro atoms. The smallest absolute Gasteiger partial charge is 0.0757 e. The van der Waals surface area contributed by atoms with Crippen LogP contribution in [-0.2, 0) is 0 Å². The molecule has 0 N–H and O–H groups in total. The van der Waals surface area contributed by atoms with Crippen LogP contribution in [0, 0.1) is 17.8 Å². The molecule has 0 radical (unpaired) electrons. The van der Waals surface area contributed by atoms with Crippen molar-refractivity contribution in [2.75, 3.05) is 0 Å². The molecule has 1 aromatic rings. The molecule has 2 saturated carbocycles. The third-order valence-corrected chi connectivity index (χ3v) is 7.21. The van der Waals surface area contributed by atoms with Crippen LogP contribution in [0.25, 0.3) is 0 Å². The average Bonchev–Trinajstić information content (AvgIpc) is 2.93. The van der Waals surface area contributed by atoms with Gasteiger partial charge >= 0.3 is 0 Å². The molecule has 2 aliphatic rings. The lowest BCUT2D eigenvalue weighted by molar-refractivity contribution is 0.312. The quantitative estimate of drug-likeness (QED) is 0.518. The Balaban J connectivity index is 1.67. The maximum Gasteiger partial charge on any atom is 0.0757 e. The van der Waals surface area contributed by atoms with Crippen LogP contribution in [0.3, 0.4) is 0 Å². The molecule has 2 aliphatic carbocycles. The summed E-state index contributed by atoms with van der Waals surface area (Å²) in [5.41, 5.74) is 1.27. The minimum Gasteiger partial charge on any atom is -0.121 e. The number of fused-ring (bicyclic) bond motifs is 2. The second-order valence-corrected chi connectivity index (χ2v) is 9.69. The summed E-state index contributed by atoms with van der Waals surface area (Å²) < 4.78 is 2.35. The number of halogens is 3. The summed E-state index contributed by atoms with van der Waals surface area (Å²) in [5, 5.41) is 0.177. The highest BCUT2D eigenvalue weighted by atomic mass is 79.9. The van der Waals surface area contributed by atoms with E-state index in [2.05, 4.69) is 37.9 Å². The number of alkyl halides is 1. The summed E-state index contributed by atoms with van der Waals surface area (Å²) in [6.45, 7) is 0. The van der Waals surface area contributed by atoms with Gasteiger partial charge in [-0.1, -0.05) is 6.42 Å².